The number of hydrogen-bond donors (Lipinski definition) is 0. The van der Waals surface area contributed by atoms with E-state index in [0.29, 0.717) is 0 Å². The highest BCUT2D eigenvalue weighted by Gasteiger charge is 2.23. The minimum Gasteiger partial charge on any atom is -0.402 e. The molecule has 0 fully saturated rings. The predicted molar refractivity (Wildman–Crippen MR) is 63.8 cm³/mol. The monoisotopic (exact) mass is 288 g/mol. The molecular formula is C9H8Cl4O2. The molecule has 0 amide bonds. The minimum absolute atomic E-state index is 1.15. The molecule has 2 nitrogen and oxygen atoms in total. The molecule has 1 aromatic carbocycles. The van der Waals surface area contributed by atoms with Crippen LogP contribution in [0.25, 0.3) is 0 Å². The summed E-state index contributed by atoms with van der Waals surface area (Å²) in [6, 6.07) is 10.3. The van der Waals surface area contributed by atoms with Crippen LogP contribution in [0.1, 0.15) is 5.56 Å². The second-order valence-corrected chi connectivity index (χ2v) is 4.93. The number of ether oxygens (including phenoxy) is 1. The van der Waals surface area contributed by atoms with Crippen LogP contribution in [-0.2, 0) is 4.74 Å². The zero-order valence-electron chi connectivity index (χ0n) is 7.72. The Morgan fingerprint density at radius 1 is 1.20 bits per heavy atom. The fourth-order valence-electron chi connectivity index (χ4n) is 0.625. The number of carbonyl (C=O) groups is 1. The zero-order chi connectivity index (χ0) is 11.9. The molecule has 0 saturated heterocycles. The molecule has 1 rings (SSSR count). The lowest BCUT2D eigenvalue weighted by Gasteiger charge is -2.06. The van der Waals surface area contributed by atoms with Crippen LogP contribution in [0.2, 0.25) is 0 Å². The van der Waals surface area contributed by atoms with Crippen LogP contribution >= 0.6 is 46.4 Å². The Hall–Kier alpha value is -0.150. The molecule has 0 aliphatic carbocycles. The lowest BCUT2D eigenvalue weighted by Crippen LogP contribution is -2.09. The Balaban J connectivity index is 0.000000262. The van der Waals surface area contributed by atoms with Gasteiger partial charge >= 0.3 is 9.41 Å². The highest BCUT2D eigenvalue weighted by molar-refractivity contribution is 6.69. The number of hydrogen-bond acceptors (Lipinski definition) is 2. The van der Waals surface area contributed by atoms with Gasteiger partial charge in [0.05, 0.1) is 0 Å². The van der Waals surface area contributed by atoms with Gasteiger partial charge in [-0.3, -0.25) is 0 Å². The number of carbonyl (C=O) groups excluding carboxylic acids is 1. The van der Waals surface area contributed by atoms with Crippen LogP contribution < -0.4 is 0 Å². The molecule has 0 N–H and O–H groups in total. The quantitative estimate of drug-likeness (QED) is 0.512. The zero-order valence-corrected chi connectivity index (χ0v) is 10.7. The second kappa shape index (κ2) is 7.18. The number of benzene rings is 1. The third kappa shape index (κ3) is 11.8. The topological polar surface area (TPSA) is 26.3 Å². The van der Waals surface area contributed by atoms with E-state index in [1.165, 1.54) is 5.56 Å². The van der Waals surface area contributed by atoms with Crippen molar-refractivity contribution >= 4 is 51.8 Å². The molecule has 0 aliphatic heterocycles. The highest BCUT2D eigenvalue weighted by Crippen LogP contribution is 2.27. The first-order chi connectivity index (χ1) is 6.81. The van der Waals surface area contributed by atoms with E-state index in [9.17, 15) is 4.79 Å². The molecule has 84 valence electrons. The lowest BCUT2D eigenvalue weighted by atomic mass is 10.2. The van der Waals surface area contributed by atoms with Crippen LogP contribution in [0.5, 0.6) is 0 Å². The van der Waals surface area contributed by atoms with Gasteiger partial charge < -0.3 is 4.74 Å². The maximum Gasteiger partial charge on any atom is 0.407 e. The minimum atomic E-state index is -2.04. The SMILES string of the molecule is Cc1ccccc1.O=C(Cl)OC(Cl)(Cl)Cl. The second-order valence-electron chi connectivity index (χ2n) is 2.44. The summed E-state index contributed by atoms with van der Waals surface area (Å²) < 4.78 is 1.82. The van der Waals surface area contributed by atoms with Gasteiger partial charge in [-0.15, -0.1) is 0 Å². The smallest absolute Gasteiger partial charge is 0.402 e. The van der Waals surface area contributed by atoms with Crippen molar-refractivity contribution in [3.63, 3.8) is 0 Å². The van der Waals surface area contributed by atoms with E-state index in [0.717, 1.165) is 0 Å². The van der Waals surface area contributed by atoms with Gasteiger partial charge in [0.2, 0.25) is 0 Å². The average Bonchev–Trinajstić information content (AvgIpc) is 2.01. The molecule has 0 atom stereocenters. The van der Waals surface area contributed by atoms with Gasteiger partial charge in [0, 0.05) is 11.6 Å². The number of aryl methyl sites for hydroxylation is 1. The normalized spacial score (nSPS) is 9.93. The van der Waals surface area contributed by atoms with Crippen molar-refractivity contribution < 1.29 is 9.53 Å². The van der Waals surface area contributed by atoms with Crippen molar-refractivity contribution in [3.05, 3.63) is 35.9 Å². The Bertz CT molecular complexity index is 295. The predicted octanol–water partition coefficient (Wildman–Crippen LogP) is 4.68. The molecule has 0 unspecified atom stereocenters. The summed E-state index contributed by atoms with van der Waals surface area (Å²) in [5.74, 6) is 0. The number of alkyl halides is 3. The Kier molecular flexibility index (Phi) is 7.11. The first-order valence-electron chi connectivity index (χ1n) is 3.78. The van der Waals surface area contributed by atoms with Crippen LogP contribution in [-0.4, -0.2) is 9.41 Å². The van der Waals surface area contributed by atoms with Gasteiger partial charge in [-0.05, 0) is 41.7 Å². The van der Waals surface area contributed by atoms with Crippen molar-refractivity contribution in [1.29, 1.82) is 0 Å². The van der Waals surface area contributed by atoms with Crippen molar-refractivity contribution in [2.24, 2.45) is 0 Å². The van der Waals surface area contributed by atoms with E-state index in [1.807, 2.05) is 18.2 Å². The molecule has 0 heterocycles. The van der Waals surface area contributed by atoms with Gasteiger partial charge in [-0.1, -0.05) is 35.9 Å². The van der Waals surface area contributed by atoms with Crippen LogP contribution in [0.4, 0.5) is 4.79 Å². The molecule has 6 heteroatoms. The summed E-state index contributed by atoms with van der Waals surface area (Å²) in [6.07, 6.45) is 0. The van der Waals surface area contributed by atoms with E-state index in [-0.39, 0.29) is 0 Å². The number of rotatable bonds is 0. The van der Waals surface area contributed by atoms with Crippen LogP contribution in [0.3, 0.4) is 0 Å². The van der Waals surface area contributed by atoms with Gasteiger partial charge in [-0.25, -0.2) is 4.79 Å². The Morgan fingerprint density at radius 3 is 1.80 bits per heavy atom. The standard InChI is InChI=1S/C7H8.C2Cl4O2/c1-7-5-3-2-4-6-7;3-1(7)8-2(4,5)6/h2-6H,1H3;. The molecule has 0 bridgehead atoms. The summed E-state index contributed by atoms with van der Waals surface area (Å²) >= 11 is 19.4. The molecule has 0 spiro atoms. The first kappa shape index (κ1) is 14.8. The van der Waals surface area contributed by atoms with Crippen molar-refractivity contribution in [3.8, 4) is 0 Å². The number of halogens is 4. The molecule has 0 aromatic heterocycles. The van der Waals surface area contributed by atoms with E-state index in [2.05, 4.69) is 35.4 Å². The lowest BCUT2D eigenvalue weighted by molar-refractivity contribution is 0.172. The van der Waals surface area contributed by atoms with Crippen molar-refractivity contribution in [2.75, 3.05) is 0 Å². The molecule has 0 saturated carbocycles. The molecule has 1 aromatic rings. The first-order valence-corrected chi connectivity index (χ1v) is 5.29. The maximum atomic E-state index is 9.75. The fourth-order valence-corrected chi connectivity index (χ4v) is 1.07. The summed E-state index contributed by atoms with van der Waals surface area (Å²) in [7, 11) is 0. The van der Waals surface area contributed by atoms with Gasteiger partial charge in [0.25, 0.3) is 0 Å². The average molecular weight is 290 g/mol. The van der Waals surface area contributed by atoms with Crippen molar-refractivity contribution in [1.82, 2.24) is 0 Å². The van der Waals surface area contributed by atoms with Crippen LogP contribution in [0, 0.1) is 6.92 Å². The fraction of sp³-hybridized carbons (Fsp3) is 0.222. The summed E-state index contributed by atoms with van der Waals surface area (Å²) in [4.78, 5) is 9.75. The largest absolute Gasteiger partial charge is 0.407 e. The molecular weight excluding hydrogens is 282 g/mol. The third-order valence-electron chi connectivity index (χ3n) is 1.14. The van der Waals surface area contributed by atoms with Crippen molar-refractivity contribution in [2.45, 2.75) is 10.9 Å². The molecule has 0 radical (unpaired) electrons. The Labute approximate surface area is 108 Å². The van der Waals surface area contributed by atoms with Gasteiger partial charge in [0.15, 0.2) is 0 Å². The molecule has 0 aliphatic rings. The van der Waals surface area contributed by atoms with Gasteiger partial charge in [0.1, 0.15) is 0 Å². The van der Waals surface area contributed by atoms with E-state index in [1.54, 1.807) is 0 Å². The van der Waals surface area contributed by atoms with Crippen LogP contribution in [0.15, 0.2) is 30.3 Å². The third-order valence-corrected chi connectivity index (χ3v) is 1.45. The van der Waals surface area contributed by atoms with Gasteiger partial charge in [-0.2, -0.15) is 0 Å². The molecule has 15 heavy (non-hydrogen) atoms. The van der Waals surface area contributed by atoms with E-state index < -0.39 is 9.41 Å². The highest BCUT2D eigenvalue weighted by atomic mass is 35.6. The Morgan fingerprint density at radius 2 is 1.67 bits per heavy atom. The summed E-state index contributed by atoms with van der Waals surface area (Å²) in [5.41, 5.74) is 0.174. The maximum absolute atomic E-state index is 9.75. The van der Waals surface area contributed by atoms with E-state index >= 15 is 0 Å². The summed E-state index contributed by atoms with van der Waals surface area (Å²) in [6.45, 7) is 2.08. The summed E-state index contributed by atoms with van der Waals surface area (Å²) in [5, 5.41) is 0. The van der Waals surface area contributed by atoms with E-state index in [4.69, 9.17) is 34.8 Å².